The van der Waals surface area contributed by atoms with E-state index in [2.05, 4.69) is 47.6 Å². The number of rotatable bonds is 9. The zero-order valence-electron chi connectivity index (χ0n) is 16.3. The van der Waals surface area contributed by atoms with Gasteiger partial charge in [0.15, 0.2) is 5.96 Å². The van der Waals surface area contributed by atoms with Crippen LogP contribution >= 0.6 is 0 Å². The maximum Gasteiger partial charge on any atom is 0.191 e. The maximum absolute atomic E-state index is 6.00. The number of benzene rings is 1. The van der Waals surface area contributed by atoms with Gasteiger partial charge in [0.1, 0.15) is 5.75 Å². The highest BCUT2D eigenvalue weighted by atomic mass is 16.5. The Morgan fingerprint density at radius 1 is 1.15 bits per heavy atom. The fourth-order valence-corrected chi connectivity index (χ4v) is 3.38. The van der Waals surface area contributed by atoms with Gasteiger partial charge < -0.3 is 20.3 Å². The number of hydrogen-bond acceptors (Lipinski definition) is 3. The quantitative estimate of drug-likeness (QED) is 0.526. The van der Waals surface area contributed by atoms with E-state index in [0.29, 0.717) is 12.5 Å². The van der Waals surface area contributed by atoms with Crippen molar-refractivity contribution in [3.05, 3.63) is 29.8 Å². The van der Waals surface area contributed by atoms with Crippen molar-refractivity contribution < 1.29 is 4.74 Å². The Kier molecular flexibility index (Phi) is 7.18. The molecule has 1 saturated carbocycles. The third kappa shape index (κ3) is 5.90. The molecule has 2 fully saturated rings. The molecule has 0 radical (unpaired) electrons. The molecule has 2 N–H and O–H groups in total. The van der Waals surface area contributed by atoms with Crippen molar-refractivity contribution in [3.8, 4) is 5.75 Å². The molecule has 0 aromatic heterocycles. The van der Waals surface area contributed by atoms with Crippen molar-refractivity contribution in [2.45, 2.75) is 39.7 Å². The van der Waals surface area contributed by atoms with Gasteiger partial charge in [-0.05, 0) is 57.2 Å². The standard InChI is InChI=1S/C21H34N4O/c1-3-22-21(23-13-18-11-12-25(4-2)15-18)24-14-19-7-5-6-8-20(19)26-16-17-9-10-17/h5-8,17-18H,3-4,9-16H2,1-2H3,(H2,22,23,24). The molecular weight excluding hydrogens is 324 g/mol. The Bertz CT molecular complexity index is 585. The van der Waals surface area contributed by atoms with Crippen LogP contribution in [0.5, 0.6) is 5.75 Å². The Morgan fingerprint density at radius 3 is 2.73 bits per heavy atom. The minimum absolute atomic E-state index is 0.641. The summed E-state index contributed by atoms with van der Waals surface area (Å²) in [4.78, 5) is 7.31. The van der Waals surface area contributed by atoms with Crippen molar-refractivity contribution in [1.29, 1.82) is 0 Å². The molecule has 1 aromatic carbocycles. The Labute approximate surface area is 158 Å². The maximum atomic E-state index is 6.00. The number of likely N-dealkylation sites (tertiary alicyclic amines) is 1. The number of guanidine groups is 1. The van der Waals surface area contributed by atoms with Gasteiger partial charge in [-0.15, -0.1) is 0 Å². The van der Waals surface area contributed by atoms with E-state index in [0.717, 1.165) is 49.4 Å². The molecule has 1 aromatic rings. The van der Waals surface area contributed by atoms with E-state index in [1.54, 1.807) is 0 Å². The summed E-state index contributed by atoms with van der Waals surface area (Å²) >= 11 is 0. The molecular formula is C21H34N4O. The number of para-hydroxylation sites is 1. The lowest BCUT2D eigenvalue weighted by atomic mass is 10.1. The topological polar surface area (TPSA) is 48.9 Å². The van der Waals surface area contributed by atoms with Crippen molar-refractivity contribution in [2.24, 2.45) is 16.8 Å². The van der Waals surface area contributed by atoms with Gasteiger partial charge in [-0.25, -0.2) is 4.99 Å². The lowest BCUT2D eigenvalue weighted by molar-refractivity contribution is 0.297. The van der Waals surface area contributed by atoms with Crippen LogP contribution in [0.1, 0.15) is 38.7 Å². The monoisotopic (exact) mass is 358 g/mol. The zero-order valence-corrected chi connectivity index (χ0v) is 16.3. The molecule has 1 unspecified atom stereocenters. The highest BCUT2D eigenvalue weighted by molar-refractivity contribution is 5.79. The Hall–Kier alpha value is -1.75. The molecule has 5 heteroatoms. The first-order chi connectivity index (χ1) is 12.8. The highest BCUT2D eigenvalue weighted by Gasteiger charge is 2.22. The summed E-state index contributed by atoms with van der Waals surface area (Å²) in [6, 6.07) is 8.28. The fraction of sp³-hybridized carbons (Fsp3) is 0.667. The predicted octanol–water partition coefficient (Wildman–Crippen LogP) is 2.87. The van der Waals surface area contributed by atoms with Gasteiger partial charge in [-0.1, -0.05) is 25.1 Å². The summed E-state index contributed by atoms with van der Waals surface area (Å²) in [5.41, 5.74) is 1.16. The van der Waals surface area contributed by atoms with Crippen LogP contribution in [0.3, 0.4) is 0 Å². The second-order valence-corrected chi connectivity index (χ2v) is 7.49. The van der Waals surface area contributed by atoms with E-state index in [-0.39, 0.29) is 0 Å². The zero-order chi connectivity index (χ0) is 18.2. The summed E-state index contributed by atoms with van der Waals surface area (Å²) in [5, 5.41) is 6.89. The molecule has 1 heterocycles. The number of ether oxygens (including phenoxy) is 1. The molecule has 0 bridgehead atoms. The van der Waals surface area contributed by atoms with Crippen LogP contribution in [0.15, 0.2) is 29.3 Å². The summed E-state index contributed by atoms with van der Waals surface area (Å²) in [6.45, 7) is 11.3. The third-order valence-electron chi connectivity index (χ3n) is 5.27. The molecule has 2 aliphatic rings. The molecule has 1 aliphatic carbocycles. The largest absolute Gasteiger partial charge is 0.493 e. The van der Waals surface area contributed by atoms with Crippen LogP contribution in [-0.2, 0) is 6.54 Å². The summed E-state index contributed by atoms with van der Waals surface area (Å²) in [6.07, 6.45) is 3.90. The first kappa shape index (κ1) is 19.0. The van der Waals surface area contributed by atoms with Crippen molar-refractivity contribution in [3.63, 3.8) is 0 Å². The van der Waals surface area contributed by atoms with Crippen molar-refractivity contribution in [1.82, 2.24) is 15.5 Å². The molecule has 0 spiro atoms. The molecule has 5 nitrogen and oxygen atoms in total. The third-order valence-corrected chi connectivity index (χ3v) is 5.27. The second-order valence-electron chi connectivity index (χ2n) is 7.49. The van der Waals surface area contributed by atoms with Gasteiger partial charge in [0.2, 0.25) is 0 Å². The fourth-order valence-electron chi connectivity index (χ4n) is 3.38. The number of nitrogens with one attached hydrogen (secondary N) is 2. The summed E-state index contributed by atoms with van der Waals surface area (Å²) in [5.74, 6) is 3.36. The van der Waals surface area contributed by atoms with Crippen molar-refractivity contribution in [2.75, 3.05) is 39.3 Å². The first-order valence-electron chi connectivity index (χ1n) is 10.2. The molecule has 1 saturated heterocycles. The molecule has 1 aliphatic heterocycles. The van der Waals surface area contributed by atoms with Crippen molar-refractivity contribution >= 4 is 5.96 Å². The SMILES string of the molecule is CCNC(=NCc1ccccc1OCC1CC1)NCC1CCN(CC)C1. The van der Waals surface area contributed by atoms with Gasteiger partial charge in [-0.3, -0.25) is 0 Å². The lowest BCUT2D eigenvalue weighted by Gasteiger charge is -2.16. The van der Waals surface area contributed by atoms with Gasteiger partial charge >= 0.3 is 0 Å². The molecule has 1 atom stereocenters. The van der Waals surface area contributed by atoms with Crippen LogP contribution in [0.25, 0.3) is 0 Å². The second kappa shape index (κ2) is 9.81. The normalized spacial score (nSPS) is 21.0. The van der Waals surface area contributed by atoms with Gasteiger partial charge in [-0.2, -0.15) is 0 Å². The molecule has 144 valence electrons. The molecule has 0 amide bonds. The average molecular weight is 359 g/mol. The first-order valence-corrected chi connectivity index (χ1v) is 10.2. The number of aliphatic imine (C=N–C) groups is 1. The van der Waals surface area contributed by atoms with Gasteiger partial charge in [0.05, 0.1) is 13.2 Å². The number of nitrogens with zero attached hydrogens (tertiary/aromatic N) is 2. The predicted molar refractivity (Wildman–Crippen MR) is 108 cm³/mol. The highest BCUT2D eigenvalue weighted by Crippen LogP contribution is 2.30. The van der Waals surface area contributed by atoms with Gasteiger partial charge in [0.25, 0.3) is 0 Å². The minimum atomic E-state index is 0.641. The van der Waals surface area contributed by atoms with E-state index in [1.165, 1.54) is 32.4 Å². The van der Waals surface area contributed by atoms with E-state index in [1.807, 2.05) is 6.07 Å². The molecule has 26 heavy (non-hydrogen) atoms. The van der Waals surface area contributed by atoms with E-state index in [4.69, 9.17) is 9.73 Å². The summed E-state index contributed by atoms with van der Waals surface area (Å²) in [7, 11) is 0. The number of hydrogen-bond donors (Lipinski definition) is 2. The van der Waals surface area contributed by atoms with Crippen LogP contribution in [-0.4, -0.2) is 50.2 Å². The molecule has 3 rings (SSSR count). The van der Waals surface area contributed by atoms with E-state index >= 15 is 0 Å². The lowest BCUT2D eigenvalue weighted by Crippen LogP contribution is -2.40. The Morgan fingerprint density at radius 2 is 2.00 bits per heavy atom. The smallest absolute Gasteiger partial charge is 0.191 e. The van der Waals surface area contributed by atoms with E-state index < -0.39 is 0 Å². The average Bonchev–Trinajstić information content (AvgIpc) is 3.39. The van der Waals surface area contributed by atoms with Gasteiger partial charge in [0, 0.05) is 25.2 Å². The van der Waals surface area contributed by atoms with Crippen LogP contribution < -0.4 is 15.4 Å². The minimum Gasteiger partial charge on any atom is -0.493 e. The Balaban J connectivity index is 1.53. The van der Waals surface area contributed by atoms with Crippen LogP contribution in [0.2, 0.25) is 0 Å². The summed E-state index contributed by atoms with van der Waals surface area (Å²) < 4.78 is 6.00. The van der Waals surface area contributed by atoms with Crippen LogP contribution in [0, 0.1) is 11.8 Å². The van der Waals surface area contributed by atoms with Crippen LogP contribution in [0.4, 0.5) is 0 Å². The van der Waals surface area contributed by atoms with E-state index in [9.17, 15) is 0 Å².